The molecule has 2 aromatic rings. The molecular weight excluding hydrogens is 314 g/mol. The lowest BCUT2D eigenvalue weighted by atomic mass is 9.97. The van der Waals surface area contributed by atoms with Gasteiger partial charge < -0.3 is 9.15 Å². The number of ether oxygens (including phenoxy) is 1. The number of aromatic nitrogens is 2. The number of carbonyl (C=O) groups excluding carboxylic acids is 1. The third kappa shape index (κ3) is 3.61. The number of carbonyl (C=O) groups is 1. The molecule has 3 rings (SSSR count). The molecule has 6 nitrogen and oxygen atoms in total. The second-order valence-electron chi connectivity index (χ2n) is 5.68. The van der Waals surface area contributed by atoms with Crippen molar-refractivity contribution in [2.75, 3.05) is 19.7 Å². The molecule has 0 saturated carbocycles. The molecule has 2 aromatic heterocycles. The Morgan fingerprint density at radius 1 is 1.57 bits per heavy atom. The number of likely N-dealkylation sites (tertiary alicyclic amines) is 1. The molecule has 0 amide bonds. The van der Waals surface area contributed by atoms with Gasteiger partial charge in [0.25, 0.3) is 5.89 Å². The molecule has 0 unspecified atom stereocenters. The average Bonchev–Trinajstić information content (AvgIpc) is 3.25. The molecule has 1 aliphatic heterocycles. The Morgan fingerprint density at radius 3 is 3.17 bits per heavy atom. The summed E-state index contributed by atoms with van der Waals surface area (Å²) in [6.45, 7) is 5.91. The Hall–Kier alpha value is -1.73. The van der Waals surface area contributed by atoms with E-state index in [4.69, 9.17) is 9.15 Å². The SMILES string of the molecule is CCOC(=O)[C@H]1CCCN([C@H](C)c2nnc(-c3cccs3)o2)C1. The van der Waals surface area contributed by atoms with Crippen molar-refractivity contribution in [1.29, 1.82) is 0 Å². The zero-order valence-corrected chi connectivity index (χ0v) is 14.2. The number of hydrogen-bond acceptors (Lipinski definition) is 7. The van der Waals surface area contributed by atoms with E-state index < -0.39 is 0 Å². The molecule has 0 aliphatic carbocycles. The van der Waals surface area contributed by atoms with Crippen molar-refractivity contribution in [2.45, 2.75) is 32.7 Å². The Kier molecular flexibility index (Phi) is 5.07. The zero-order chi connectivity index (χ0) is 16.2. The van der Waals surface area contributed by atoms with Crippen LogP contribution in [0.1, 0.15) is 38.6 Å². The molecule has 1 fully saturated rings. The van der Waals surface area contributed by atoms with Crippen molar-refractivity contribution >= 4 is 17.3 Å². The quantitative estimate of drug-likeness (QED) is 0.782. The van der Waals surface area contributed by atoms with E-state index in [1.54, 1.807) is 11.3 Å². The van der Waals surface area contributed by atoms with E-state index in [1.807, 2.05) is 31.4 Å². The van der Waals surface area contributed by atoms with Crippen molar-refractivity contribution in [3.63, 3.8) is 0 Å². The van der Waals surface area contributed by atoms with E-state index in [0.717, 1.165) is 24.3 Å². The molecule has 1 saturated heterocycles. The topological polar surface area (TPSA) is 68.5 Å². The van der Waals surface area contributed by atoms with Crippen LogP contribution < -0.4 is 0 Å². The first-order valence-corrected chi connectivity index (χ1v) is 8.85. The molecule has 124 valence electrons. The van der Waals surface area contributed by atoms with Crippen LogP contribution in [0.2, 0.25) is 0 Å². The van der Waals surface area contributed by atoms with Gasteiger partial charge in [0.1, 0.15) is 0 Å². The molecule has 0 spiro atoms. The second kappa shape index (κ2) is 7.23. The predicted molar refractivity (Wildman–Crippen MR) is 87.0 cm³/mol. The van der Waals surface area contributed by atoms with Crippen LogP contribution in [0.3, 0.4) is 0 Å². The minimum atomic E-state index is -0.103. The van der Waals surface area contributed by atoms with Crippen molar-refractivity contribution < 1.29 is 13.9 Å². The van der Waals surface area contributed by atoms with E-state index in [0.29, 0.717) is 24.9 Å². The normalized spacial score (nSPS) is 20.3. The molecule has 23 heavy (non-hydrogen) atoms. The van der Waals surface area contributed by atoms with E-state index >= 15 is 0 Å². The maximum atomic E-state index is 12.0. The fourth-order valence-corrected chi connectivity index (χ4v) is 3.51. The van der Waals surface area contributed by atoms with E-state index in [-0.39, 0.29) is 17.9 Å². The first-order valence-electron chi connectivity index (χ1n) is 7.97. The van der Waals surface area contributed by atoms with Gasteiger partial charge in [-0.3, -0.25) is 9.69 Å². The fourth-order valence-electron chi connectivity index (χ4n) is 2.87. The molecule has 0 N–H and O–H groups in total. The third-order valence-corrected chi connectivity index (χ3v) is 5.01. The average molecular weight is 335 g/mol. The number of rotatable bonds is 5. The van der Waals surface area contributed by atoms with Crippen molar-refractivity contribution in [3.05, 3.63) is 23.4 Å². The highest BCUT2D eigenvalue weighted by atomic mass is 32.1. The number of esters is 1. The van der Waals surface area contributed by atoms with Gasteiger partial charge in [0.2, 0.25) is 5.89 Å². The summed E-state index contributed by atoms with van der Waals surface area (Å²) in [5.41, 5.74) is 0. The van der Waals surface area contributed by atoms with Crippen molar-refractivity contribution in [2.24, 2.45) is 5.92 Å². The maximum Gasteiger partial charge on any atom is 0.310 e. The Labute approximate surface area is 139 Å². The summed E-state index contributed by atoms with van der Waals surface area (Å²) < 4.78 is 11.0. The Bertz CT molecular complexity index is 641. The zero-order valence-electron chi connectivity index (χ0n) is 13.4. The molecule has 0 bridgehead atoms. The van der Waals surface area contributed by atoms with Crippen LogP contribution in [0, 0.1) is 5.92 Å². The fraction of sp³-hybridized carbons (Fsp3) is 0.562. The number of thiophene rings is 1. The van der Waals surface area contributed by atoms with Gasteiger partial charge in [-0.15, -0.1) is 21.5 Å². The van der Waals surface area contributed by atoms with Gasteiger partial charge in [-0.1, -0.05) is 6.07 Å². The van der Waals surface area contributed by atoms with Crippen LogP contribution in [0.4, 0.5) is 0 Å². The van der Waals surface area contributed by atoms with Crippen LogP contribution >= 0.6 is 11.3 Å². The van der Waals surface area contributed by atoms with Gasteiger partial charge in [-0.25, -0.2) is 0 Å². The first-order chi connectivity index (χ1) is 11.2. The molecule has 1 aliphatic rings. The maximum absolute atomic E-state index is 12.0. The monoisotopic (exact) mass is 335 g/mol. The number of piperidine rings is 1. The molecule has 7 heteroatoms. The Morgan fingerprint density at radius 2 is 2.43 bits per heavy atom. The van der Waals surface area contributed by atoms with Gasteiger partial charge in [-0.2, -0.15) is 0 Å². The van der Waals surface area contributed by atoms with Crippen molar-refractivity contribution in [3.8, 4) is 10.8 Å². The summed E-state index contributed by atoms with van der Waals surface area (Å²) in [6.07, 6.45) is 1.85. The molecule has 0 aromatic carbocycles. The second-order valence-corrected chi connectivity index (χ2v) is 6.63. The number of nitrogens with zero attached hydrogens (tertiary/aromatic N) is 3. The molecule has 0 radical (unpaired) electrons. The van der Waals surface area contributed by atoms with Crippen LogP contribution in [-0.2, 0) is 9.53 Å². The summed E-state index contributed by atoms with van der Waals surface area (Å²) in [5, 5.41) is 10.3. The minimum absolute atomic E-state index is 0.00608. The van der Waals surface area contributed by atoms with Crippen molar-refractivity contribution in [1.82, 2.24) is 15.1 Å². The van der Waals surface area contributed by atoms with E-state index in [2.05, 4.69) is 15.1 Å². The molecule has 3 heterocycles. The third-order valence-electron chi connectivity index (χ3n) is 4.15. The van der Waals surface area contributed by atoms with Gasteiger partial charge in [0, 0.05) is 6.54 Å². The highest BCUT2D eigenvalue weighted by molar-refractivity contribution is 7.13. The first kappa shape index (κ1) is 16.1. The minimum Gasteiger partial charge on any atom is -0.466 e. The highest BCUT2D eigenvalue weighted by Crippen LogP contribution is 2.29. The lowest BCUT2D eigenvalue weighted by Gasteiger charge is -2.34. The smallest absolute Gasteiger partial charge is 0.310 e. The molecule has 2 atom stereocenters. The van der Waals surface area contributed by atoms with Crippen LogP contribution in [0.25, 0.3) is 10.8 Å². The summed E-state index contributed by atoms with van der Waals surface area (Å²) in [6, 6.07) is 3.92. The van der Waals surface area contributed by atoms with Crippen LogP contribution in [0.5, 0.6) is 0 Å². The summed E-state index contributed by atoms with van der Waals surface area (Å²) in [7, 11) is 0. The molecular formula is C16H21N3O3S. The van der Waals surface area contributed by atoms with Gasteiger partial charge in [0.15, 0.2) is 0 Å². The highest BCUT2D eigenvalue weighted by Gasteiger charge is 2.31. The predicted octanol–water partition coefficient (Wildman–Crippen LogP) is 3.13. The largest absolute Gasteiger partial charge is 0.466 e. The van der Waals surface area contributed by atoms with Crippen LogP contribution in [0.15, 0.2) is 21.9 Å². The lowest BCUT2D eigenvalue weighted by Crippen LogP contribution is -2.40. The summed E-state index contributed by atoms with van der Waals surface area (Å²) >= 11 is 1.58. The van der Waals surface area contributed by atoms with Crippen LogP contribution in [-0.4, -0.2) is 40.8 Å². The number of hydrogen-bond donors (Lipinski definition) is 0. The lowest BCUT2D eigenvalue weighted by molar-refractivity contribution is -0.150. The Balaban J connectivity index is 1.67. The summed E-state index contributed by atoms with van der Waals surface area (Å²) in [4.78, 5) is 15.2. The van der Waals surface area contributed by atoms with Gasteiger partial charge >= 0.3 is 5.97 Å². The van der Waals surface area contributed by atoms with Gasteiger partial charge in [-0.05, 0) is 44.7 Å². The van der Waals surface area contributed by atoms with E-state index in [9.17, 15) is 4.79 Å². The summed E-state index contributed by atoms with van der Waals surface area (Å²) in [5.74, 6) is 0.985. The van der Waals surface area contributed by atoms with E-state index in [1.165, 1.54) is 0 Å². The standard InChI is InChI=1S/C16H21N3O3S/c1-3-21-16(20)12-6-4-8-19(10-12)11(2)14-17-18-15(22-14)13-7-5-9-23-13/h5,7,9,11-12H,3-4,6,8,10H2,1-2H3/t11-,12+/m1/s1. The van der Waals surface area contributed by atoms with Gasteiger partial charge in [0.05, 0.1) is 23.4 Å².